The number of aldehydes is 1. The van der Waals surface area contributed by atoms with Crippen molar-refractivity contribution in [2.75, 3.05) is 5.73 Å². The van der Waals surface area contributed by atoms with E-state index in [1.807, 2.05) is 0 Å². The molecule has 0 spiro atoms. The van der Waals surface area contributed by atoms with E-state index in [1.54, 1.807) is 12.1 Å². The van der Waals surface area contributed by atoms with E-state index >= 15 is 0 Å². The Hall–Kier alpha value is -1.09. The van der Waals surface area contributed by atoms with Crippen LogP contribution in [0.2, 0.25) is 5.15 Å². The summed E-state index contributed by atoms with van der Waals surface area (Å²) in [6.45, 7) is 0. The zero-order valence-corrected chi connectivity index (χ0v) is 6.51. The minimum atomic E-state index is 0.215. The number of hydrogen-bond donors (Lipinski definition) is 1. The van der Waals surface area contributed by atoms with Gasteiger partial charge in [0.05, 0.1) is 11.4 Å². The summed E-state index contributed by atoms with van der Waals surface area (Å²) in [4.78, 5) is 14.0. The van der Waals surface area contributed by atoms with Crippen molar-refractivity contribution in [1.82, 2.24) is 4.98 Å². The summed E-state index contributed by atoms with van der Waals surface area (Å²) in [7, 11) is 0. The number of carbonyl (C=O) groups is 1. The number of pyridine rings is 1. The van der Waals surface area contributed by atoms with Gasteiger partial charge in [-0.1, -0.05) is 11.6 Å². The van der Waals surface area contributed by atoms with Crippen LogP contribution in [0, 0.1) is 0 Å². The molecule has 0 unspecified atom stereocenters. The fraction of sp³-hybridized carbons (Fsp3) is 0.143. The SMILES string of the molecule is Nc1ccc(Cl)nc1CC=O. The number of nitrogens with two attached hydrogens (primary N) is 1. The van der Waals surface area contributed by atoms with E-state index < -0.39 is 0 Å². The Morgan fingerprint density at radius 1 is 1.64 bits per heavy atom. The van der Waals surface area contributed by atoms with Gasteiger partial charge < -0.3 is 10.5 Å². The predicted octanol–water partition coefficient (Wildman–Crippen LogP) is 1.06. The number of carbonyl (C=O) groups excluding carboxylic acids is 1. The Kier molecular flexibility index (Phi) is 2.44. The first kappa shape index (κ1) is 8.01. The lowest BCUT2D eigenvalue weighted by Crippen LogP contribution is -1.98. The molecule has 1 heterocycles. The van der Waals surface area contributed by atoms with Gasteiger partial charge in [-0.15, -0.1) is 0 Å². The minimum Gasteiger partial charge on any atom is -0.397 e. The van der Waals surface area contributed by atoms with Crippen molar-refractivity contribution in [2.24, 2.45) is 0 Å². The van der Waals surface area contributed by atoms with Crippen LogP contribution in [0.4, 0.5) is 5.69 Å². The van der Waals surface area contributed by atoms with Crippen molar-refractivity contribution >= 4 is 23.6 Å². The van der Waals surface area contributed by atoms with Gasteiger partial charge in [0.25, 0.3) is 0 Å². The molecular formula is C7H7ClN2O. The number of nitrogens with zero attached hydrogens (tertiary/aromatic N) is 1. The van der Waals surface area contributed by atoms with Gasteiger partial charge in [0.15, 0.2) is 0 Å². The van der Waals surface area contributed by atoms with E-state index in [1.165, 1.54) is 0 Å². The van der Waals surface area contributed by atoms with Crippen LogP contribution in [0.1, 0.15) is 5.69 Å². The van der Waals surface area contributed by atoms with Gasteiger partial charge in [-0.05, 0) is 12.1 Å². The summed E-state index contributed by atoms with van der Waals surface area (Å²) in [5.74, 6) is 0. The van der Waals surface area contributed by atoms with Crippen molar-refractivity contribution in [3.63, 3.8) is 0 Å². The normalized spacial score (nSPS) is 9.55. The van der Waals surface area contributed by atoms with Crippen LogP contribution >= 0.6 is 11.6 Å². The number of aromatic nitrogens is 1. The molecular weight excluding hydrogens is 164 g/mol. The highest BCUT2D eigenvalue weighted by atomic mass is 35.5. The van der Waals surface area contributed by atoms with Crippen molar-refractivity contribution < 1.29 is 4.79 Å². The molecule has 0 bridgehead atoms. The first-order valence-corrected chi connectivity index (χ1v) is 3.46. The van der Waals surface area contributed by atoms with Gasteiger partial charge in [-0.25, -0.2) is 4.98 Å². The molecule has 0 aliphatic carbocycles. The van der Waals surface area contributed by atoms with Crippen LogP contribution in [-0.2, 0) is 11.2 Å². The topological polar surface area (TPSA) is 56.0 Å². The predicted molar refractivity (Wildman–Crippen MR) is 43.4 cm³/mol. The first-order chi connectivity index (χ1) is 5.24. The molecule has 0 amide bonds. The third-order valence-corrected chi connectivity index (χ3v) is 1.46. The zero-order chi connectivity index (χ0) is 8.27. The monoisotopic (exact) mass is 170 g/mol. The van der Waals surface area contributed by atoms with E-state index in [-0.39, 0.29) is 6.42 Å². The number of hydrogen-bond acceptors (Lipinski definition) is 3. The zero-order valence-electron chi connectivity index (χ0n) is 5.75. The smallest absolute Gasteiger partial charge is 0.129 e. The van der Waals surface area contributed by atoms with Crippen molar-refractivity contribution in [3.05, 3.63) is 23.0 Å². The van der Waals surface area contributed by atoms with E-state index in [4.69, 9.17) is 17.3 Å². The molecule has 2 N–H and O–H groups in total. The molecule has 3 nitrogen and oxygen atoms in total. The van der Waals surface area contributed by atoms with Crippen LogP contribution in [0.3, 0.4) is 0 Å². The highest BCUT2D eigenvalue weighted by molar-refractivity contribution is 6.29. The van der Waals surface area contributed by atoms with Crippen LogP contribution in [0.15, 0.2) is 12.1 Å². The van der Waals surface area contributed by atoms with E-state index in [0.717, 1.165) is 6.29 Å². The van der Waals surface area contributed by atoms with Crippen LogP contribution < -0.4 is 5.73 Å². The molecule has 1 aromatic rings. The van der Waals surface area contributed by atoms with Crippen molar-refractivity contribution in [2.45, 2.75) is 6.42 Å². The Labute approximate surface area is 69.2 Å². The highest BCUT2D eigenvalue weighted by Crippen LogP contribution is 2.12. The summed E-state index contributed by atoms with van der Waals surface area (Å²) in [6, 6.07) is 3.22. The van der Waals surface area contributed by atoms with Crippen LogP contribution in [0.5, 0.6) is 0 Å². The molecule has 0 fully saturated rings. The third kappa shape index (κ3) is 1.91. The summed E-state index contributed by atoms with van der Waals surface area (Å²) in [5.41, 5.74) is 6.53. The van der Waals surface area contributed by atoms with Gasteiger partial charge in [-0.2, -0.15) is 0 Å². The lowest BCUT2D eigenvalue weighted by molar-refractivity contribution is -0.107. The molecule has 0 atom stereocenters. The van der Waals surface area contributed by atoms with Gasteiger partial charge >= 0.3 is 0 Å². The largest absolute Gasteiger partial charge is 0.397 e. The molecule has 11 heavy (non-hydrogen) atoms. The van der Waals surface area contributed by atoms with Gasteiger partial charge in [0.1, 0.15) is 11.4 Å². The second kappa shape index (κ2) is 3.34. The molecule has 0 aromatic carbocycles. The fourth-order valence-electron chi connectivity index (χ4n) is 0.728. The van der Waals surface area contributed by atoms with E-state index in [2.05, 4.69) is 4.98 Å². The van der Waals surface area contributed by atoms with Crippen molar-refractivity contribution in [1.29, 1.82) is 0 Å². The maximum absolute atomic E-state index is 10.1. The number of anilines is 1. The summed E-state index contributed by atoms with van der Waals surface area (Å²) >= 11 is 5.57. The Morgan fingerprint density at radius 3 is 3.00 bits per heavy atom. The Morgan fingerprint density at radius 2 is 2.36 bits per heavy atom. The quantitative estimate of drug-likeness (QED) is 0.534. The van der Waals surface area contributed by atoms with Gasteiger partial charge in [0.2, 0.25) is 0 Å². The number of halogens is 1. The Balaban J connectivity index is 3.01. The molecule has 58 valence electrons. The molecule has 0 aliphatic rings. The number of rotatable bonds is 2. The van der Waals surface area contributed by atoms with Gasteiger partial charge in [-0.3, -0.25) is 0 Å². The van der Waals surface area contributed by atoms with Gasteiger partial charge in [0, 0.05) is 6.42 Å². The summed E-state index contributed by atoms with van der Waals surface area (Å²) in [6.07, 6.45) is 0.960. The average molecular weight is 171 g/mol. The number of nitrogen functional groups attached to an aromatic ring is 1. The molecule has 0 aliphatic heterocycles. The molecule has 0 saturated carbocycles. The fourth-order valence-corrected chi connectivity index (χ4v) is 0.893. The lowest BCUT2D eigenvalue weighted by Gasteiger charge is -1.99. The lowest BCUT2D eigenvalue weighted by atomic mass is 10.2. The third-order valence-electron chi connectivity index (χ3n) is 1.25. The average Bonchev–Trinajstić information content (AvgIpc) is 1.98. The molecule has 1 rings (SSSR count). The standard InChI is InChI=1S/C7H7ClN2O/c8-7-2-1-5(9)6(10-7)3-4-11/h1-2,4H,3,9H2. The van der Waals surface area contributed by atoms with Crippen LogP contribution in [-0.4, -0.2) is 11.3 Å². The molecule has 4 heteroatoms. The summed E-state index contributed by atoms with van der Waals surface area (Å²) < 4.78 is 0. The maximum atomic E-state index is 10.1. The molecule has 0 radical (unpaired) electrons. The molecule has 0 saturated heterocycles. The highest BCUT2D eigenvalue weighted by Gasteiger charge is 1.99. The molecule has 1 aromatic heterocycles. The Bertz CT molecular complexity index is 275. The minimum absolute atomic E-state index is 0.215. The van der Waals surface area contributed by atoms with Crippen molar-refractivity contribution in [3.8, 4) is 0 Å². The second-order valence-electron chi connectivity index (χ2n) is 2.04. The maximum Gasteiger partial charge on any atom is 0.129 e. The van der Waals surface area contributed by atoms with Crippen LogP contribution in [0.25, 0.3) is 0 Å². The summed E-state index contributed by atoms with van der Waals surface area (Å²) in [5, 5.41) is 0.357. The van der Waals surface area contributed by atoms with E-state index in [9.17, 15) is 4.79 Å². The second-order valence-corrected chi connectivity index (χ2v) is 2.43. The first-order valence-electron chi connectivity index (χ1n) is 3.08. The van der Waals surface area contributed by atoms with E-state index in [0.29, 0.717) is 16.5 Å².